The number of halogens is 4. The van der Waals surface area contributed by atoms with Gasteiger partial charge in [0.25, 0.3) is 0 Å². The summed E-state index contributed by atoms with van der Waals surface area (Å²) in [6, 6.07) is 16.6. The summed E-state index contributed by atoms with van der Waals surface area (Å²) < 4.78 is 41.0. The standard InChI is InChI=1S/C26H25ClF3N5S/c27-20-9-5-8-19(12-20)25(10-3-4-11-25)16-31-24(36)34-23-32-21(26(28,29)30)13-22(33-23)35-14-17-6-1-2-7-18(17)15-35/h1-2,5-9,12-13H,3-4,10-11,14-16H2,(H2,31,32,33,34,36). The zero-order valence-electron chi connectivity index (χ0n) is 19.4. The molecule has 1 fully saturated rings. The molecule has 0 amide bonds. The monoisotopic (exact) mass is 531 g/mol. The number of thiocarbonyl (C=S) groups is 1. The summed E-state index contributed by atoms with van der Waals surface area (Å²) in [5, 5.41) is 6.84. The van der Waals surface area contributed by atoms with Gasteiger partial charge in [0.15, 0.2) is 10.8 Å². The second-order valence-corrected chi connectivity index (χ2v) is 10.2. The number of benzene rings is 2. The molecule has 0 radical (unpaired) electrons. The Morgan fingerprint density at radius 1 is 1.00 bits per heavy atom. The molecule has 1 aliphatic carbocycles. The number of rotatable bonds is 5. The Morgan fingerprint density at radius 2 is 1.69 bits per heavy atom. The van der Waals surface area contributed by atoms with Crippen LogP contribution >= 0.6 is 23.8 Å². The number of alkyl halides is 3. The van der Waals surface area contributed by atoms with Crippen LogP contribution in [0.2, 0.25) is 5.02 Å². The Labute approximate surface area is 218 Å². The predicted octanol–water partition coefficient (Wildman–Crippen LogP) is 6.47. The van der Waals surface area contributed by atoms with Crippen molar-refractivity contribution in [3.05, 3.63) is 82.0 Å². The van der Waals surface area contributed by atoms with Crippen LogP contribution in [0, 0.1) is 0 Å². The first kappa shape index (κ1) is 24.8. The molecule has 1 aliphatic heterocycles. The van der Waals surface area contributed by atoms with E-state index in [9.17, 15) is 13.2 Å². The molecule has 2 heterocycles. The van der Waals surface area contributed by atoms with Crippen LogP contribution in [0.3, 0.4) is 0 Å². The Kier molecular flexibility index (Phi) is 6.78. The van der Waals surface area contributed by atoms with E-state index in [4.69, 9.17) is 23.8 Å². The minimum absolute atomic E-state index is 0.141. The zero-order chi connectivity index (χ0) is 25.3. The van der Waals surface area contributed by atoms with Gasteiger partial charge in [-0.1, -0.05) is 60.8 Å². The topological polar surface area (TPSA) is 53.1 Å². The molecule has 0 bridgehead atoms. The molecule has 5 rings (SSSR count). The van der Waals surface area contributed by atoms with Gasteiger partial charge in [0.05, 0.1) is 0 Å². The van der Waals surface area contributed by atoms with E-state index in [1.165, 1.54) is 0 Å². The number of fused-ring (bicyclic) bond motifs is 1. The normalized spacial score (nSPS) is 16.6. The van der Waals surface area contributed by atoms with Crippen LogP contribution in [0.1, 0.15) is 48.1 Å². The van der Waals surface area contributed by atoms with Gasteiger partial charge in [-0.05, 0) is 53.9 Å². The number of nitrogens with one attached hydrogen (secondary N) is 2. The second kappa shape index (κ2) is 9.86. The van der Waals surface area contributed by atoms with Gasteiger partial charge in [0.2, 0.25) is 5.95 Å². The Hall–Kier alpha value is -2.91. The highest BCUT2D eigenvalue weighted by molar-refractivity contribution is 7.80. The van der Waals surface area contributed by atoms with Crippen molar-refractivity contribution in [2.45, 2.75) is 50.4 Å². The van der Waals surface area contributed by atoms with Crippen molar-refractivity contribution in [2.75, 3.05) is 16.8 Å². The van der Waals surface area contributed by atoms with Gasteiger partial charge in [0, 0.05) is 36.1 Å². The lowest BCUT2D eigenvalue weighted by molar-refractivity contribution is -0.141. The van der Waals surface area contributed by atoms with Crippen molar-refractivity contribution in [1.82, 2.24) is 15.3 Å². The van der Waals surface area contributed by atoms with Gasteiger partial charge in [-0.3, -0.25) is 0 Å². The molecule has 1 saturated carbocycles. The molecule has 2 N–H and O–H groups in total. The van der Waals surface area contributed by atoms with Gasteiger partial charge >= 0.3 is 6.18 Å². The fourth-order valence-corrected chi connectivity index (χ4v) is 5.48. The average Bonchev–Trinajstić information content (AvgIpc) is 3.50. The minimum Gasteiger partial charge on any atom is -0.361 e. The molecule has 36 heavy (non-hydrogen) atoms. The average molecular weight is 532 g/mol. The molecule has 10 heteroatoms. The van der Waals surface area contributed by atoms with E-state index in [0.29, 0.717) is 24.7 Å². The number of hydrogen-bond acceptors (Lipinski definition) is 4. The lowest BCUT2D eigenvalue weighted by Crippen LogP contribution is -2.41. The van der Waals surface area contributed by atoms with Gasteiger partial charge in [-0.25, -0.2) is 4.98 Å². The number of hydrogen-bond donors (Lipinski definition) is 2. The largest absolute Gasteiger partial charge is 0.433 e. The first-order valence-corrected chi connectivity index (χ1v) is 12.6. The van der Waals surface area contributed by atoms with Crippen LogP contribution in [-0.4, -0.2) is 21.6 Å². The van der Waals surface area contributed by atoms with Crippen LogP contribution in [0.4, 0.5) is 24.9 Å². The Morgan fingerprint density at radius 3 is 2.33 bits per heavy atom. The minimum atomic E-state index is -4.61. The Balaban J connectivity index is 1.33. The third kappa shape index (κ3) is 5.27. The van der Waals surface area contributed by atoms with Crippen molar-refractivity contribution in [2.24, 2.45) is 0 Å². The summed E-state index contributed by atoms with van der Waals surface area (Å²) in [4.78, 5) is 9.89. The van der Waals surface area contributed by atoms with E-state index in [2.05, 4.69) is 26.7 Å². The first-order valence-electron chi connectivity index (χ1n) is 11.8. The molecule has 0 saturated heterocycles. The maximum absolute atomic E-state index is 13.7. The molecule has 0 spiro atoms. The summed E-state index contributed by atoms with van der Waals surface area (Å²) in [6.45, 7) is 1.50. The third-order valence-electron chi connectivity index (χ3n) is 6.98. The molecular weight excluding hydrogens is 507 g/mol. The fourth-order valence-electron chi connectivity index (χ4n) is 5.13. The predicted molar refractivity (Wildman–Crippen MR) is 139 cm³/mol. The summed E-state index contributed by atoms with van der Waals surface area (Å²) >= 11 is 11.7. The molecule has 2 aliphatic rings. The molecule has 3 aromatic rings. The highest BCUT2D eigenvalue weighted by atomic mass is 35.5. The lowest BCUT2D eigenvalue weighted by Gasteiger charge is -2.30. The highest BCUT2D eigenvalue weighted by Gasteiger charge is 2.37. The molecule has 0 unspecified atom stereocenters. The van der Waals surface area contributed by atoms with Crippen molar-refractivity contribution >= 4 is 40.7 Å². The summed E-state index contributed by atoms with van der Waals surface area (Å²) in [5.74, 6) is 0.0153. The SMILES string of the molecule is FC(F)(F)c1cc(N2Cc3ccccc3C2)nc(NC(=S)NCC2(c3cccc(Cl)c3)CCCC2)n1. The van der Waals surface area contributed by atoms with E-state index in [1.807, 2.05) is 42.5 Å². The molecule has 5 nitrogen and oxygen atoms in total. The summed E-state index contributed by atoms with van der Waals surface area (Å²) in [7, 11) is 0. The maximum atomic E-state index is 13.7. The molecule has 1 aromatic heterocycles. The fraction of sp³-hybridized carbons (Fsp3) is 0.346. The summed E-state index contributed by atoms with van der Waals surface area (Å²) in [5.41, 5.74) is 2.12. The van der Waals surface area contributed by atoms with Crippen LogP contribution in [-0.2, 0) is 24.7 Å². The van der Waals surface area contributed by atoms with Gasteiger partial charge in [-0.15, -0.1) is 0 Å². The van der Waals surface area contributed by atoms with Crippen LogP contribution in [0.15, 0.2) is 54.6 Å². The first-order chi connectivity index (χ1) is 17.2. The van der Waals surface area contributed by atoms with Gasteiger partial charge < -0.3 is 15.5 Å². The van der Waals surface area contributed by atoms with Crippen LogP contribution in [0.25, 0.3) is 0 Å². The van der Waals surface area contributed by atoms with Crippen molar-refractivity contribution < 1.29 is 13.2 Å². The smallest absolute Gasteiger partial charge is 0.361 e. The van der Waals surface area contributed by atoms with E-state index in [0.717, 1.165) is 48.4 Å². The number of nitrogens with zero attached hydrogens (tertiary/aromatic N) is 3. The zero-order valence-corrected chi connectivity index (χ0v) is 21.0. The van der Waals surface area contributed by atoms with E-state index in [1.54, 1.807) is 4.90 Å². The van der Waals surface area contributed by atoms with Crippen LogP contribution in [0.5, 0.6) is 0 Å². The van der Waals surface area contributed by atoms with E-state index >= 15 is 0 Å². The second-order valence-electron chi connectivity index (χ2n) is 9.36. The van der Waals surface area contributed by atoms with Crippen molar-refractivity contribution in [3.8, 4) is 0 Å². The van der Waals surface area contributed by atoms with Crippen molar-refractivity contribution in [3.63, 3.8) is 0 Å². The quantitative estimate of drug-likeness (QED) is 0.368. The molecular formula is C26H25ClF3N5S. The number of anilines is 2. The molecule has 0 atom stereocenters. The highest BCUT2D eigenvalue weighted by Crippen LogP contribution is 2.41. The van der Waals surface area contributed by atoms with E-state index in [-0.39, 0.29) is 22.3 Å². The van der Waals surface area contributed by atoms with Gasteiger partial charge in [0.1, 0.15) is 5.82 Å². The maximum Gasteiger partial charge on any atom is 0.433 e. The van der Waals surface area contributed by atoms with Crippen LogP contribution < -0.4 is 15.5 Å². The molecule has 2 aromatic carbocycles. The number of aromatic nitrogens is 2. The van der Waals surface area contributed by atoms with Crippen molar-refractivity contribution in [1.29, 1.82) is 0 Å². The third-order valence-corrected chi connectivity index (χ3v) is 7.46. The van der Waals surface area contributed by atoms with E-state index < -0.39 is 11.9 Å². The van der Waals surface area contributed by atoms with Gasteiger partial charge in [-0.2, -0.15) is 18.2 Å². The summed E-state index contributed by atoms with van der Waals surface area (Å²) in [6.07, 6.45) is -0.485. The Bertz CT molecular complexity index is 1250. The lowest BCUT2D eigenvalue weighted by atomic mass is 9.79. The molecule has 188 valence electrons.